The Hall–Kier alpha value is -3.46. The van der Waals surface area contributed by atoms with Crippen LogP contribution in [0.3, 0.4) is 0 Å². The quantitative estimate of drug-likeness (QED) is 0.681. The molecule has 1 aliphatic rings. The smallest absolute Gasteiger partial charge is 0.267 e. The summed E-state index contributed by atoms with van der Waals surface area (Å²) in [6, 6.07) is 14.3. The van der Waals surface area contributed by atoms with E-state index in [0.717, 1.165) is 0 Å². The average Bonchev–Trinajstić information content (AvgIpc) is 2.90. The second-order valence-corrected chi connectivity index (χ2v) is 6.08. The minimum atomic E-state index is -0.818. The minimum absolute atomic E-state index is 0.0330. The first-order valence-electron chi connectivity index (χ1n) is 8.09. The maximum atomic E-state index is 13.8. The molecule has 3 rings (SSSR count). The van der Waals surface area contributed by atoms with Crippen molar-refractivity contribution in [3.8, 4) is 6.07 Å². The number of anilines is 2. The first-order chi connectivity index (χ1) is 12.5. The van der Waals surface area contributed by atoms with Crippen molar-refractivity contribution in [2.45, 2.75) is 19.9 Å². The molecule has 0 atom stereocenters. The molecule has 130 valence electrons. The van der Waals surface area contributed by atoms with Gasteiger partial charge in [0.15, 0.2) is 0 Å². The number of halogens is 1. The van der Waals surface area contributed by atoms with Gasteiger partial charge in [0, 0.05) is 11.6 Å². The normalized spacial score (nSPS) is 14.9. The molecule has 0 saturated carbocycles. The van der Waals surface area contributed by atoms with Crippen LogP contribution in [0.25, 0.3) is 5.57 Å². The summed E-state index contributed by atoms with van der Waals surface area (Å²) < 4.78 is 13.8. The van der Waals surface area contributed by atoms with Crippen LogP contribution in [-0.2, 0) is 9.59 Å². The Morgan fingerprint density at radius 1 is 1.15 bits per heavy atom. The number of nitriles is 1. The fraction of sp³-hybridized carbons (Fsp3) is 0.150. The van der Waals surface area contributed by atoms with E-state index in [9.17, 15) is 19.2 Å². The Kier molecular flexibility index (Phi) is 4.55. The summed E-state index contributed by atoms with van der Waals surface area (Å²) in [5, 5.41) is 11.9. The van der Waals surface area contributed by atoms with E-state index in [4.69, 9.17) is 0 Å². The molecule has 0 unspecified atom stereocenters. The molecule has 0 fully saturated rings. The molecule has 0 aliphatic carbocycles. The standard InChI is InChI=1S/C20H16FN3O2/c1-12(2)24-17-10-6-3-7-13(17)18(20(24)26)14(11-22)19(25)23-16-9-5-4-8-15(16)21/h3-10,12H,1-2H3,(H,23,25). The molecule has 5 nitrogen and oxygen atoms in total. The third-order valence-corrected chi connectivity index (χ3v) is 4.09. The summed E-state index contributed by atoms with van der Waals surface area (Å²) in [5.41, 5.74) is 0.810. The number of nitrogens with zero attached hydrogens (tertiary/aromatic N) is 2. The summed E-state index contributed by atoms with van der Waals surface area (Å²) in [6.45, 7) is 3.70. The molecule has 0 saturated heterocycles. The fourth-order valence-corrected chi connectivity index (χ4v) is 2.96. The maximum Gasteiger partial charge on any atom is 0.267 e. The summed E-state index contributed by atoms with van der Waals surface area (Å²) in [6.07, 6.45) is 0. The van der Waals surface area contributed by atoms with Gasteiger partial charge in [-0.05, 0) is 32.0 Å². The van der Waals surface area contributed by atoms with Crippen molar-refractivity contribution in [1.29, 1.82) is 5.26 Å². The first-order valence-corrected chi connectivity index (χ1v) is 8.09. The van der Waals surface area contributed by atoms with Crippen LogP contribution < -0.4 is 10.2 Å². The van der Waals surface area contributed by atoms with Gasteiger partial charge in [0.25, 0.3) is 11.8 Å². The van der Waals surface area contributed by atoms with E-state index >= 15 is 0 Å². The Balaban J connectivity index is 2.09. The predicted molar refractivity (Wildman–Crippen MR) is 96.6 cm³/mol. The molecule has 1 heterocycles. The highest BCUT2D eigenvalue weighted by Crippen LogP contribution is 2.39. The SMILES string of the molecule is CC(C)N1C(=O)C(=C(C#N)C(=O)Nc2ccccc2F)c2ccccc21. The van der Waals surface area contributed by atoms with Gasteiger partial charge < -0.3 is 10.2 Å². The van der Waals surface area contributed by atoms with Crippen LogP contribution in [0.4, 0.5) is 15.8 Å². The lowest BCUT2D eigenvalue weighted by atomic mass is 10.0. The van der Waals surface area contributed by atoms with Crippen LogP contribution in [-0.4, -0.2) is 17.9 Å². The van der Waals surface area contributed by atoms with Gasteiger partial charge in [-0.3, -0.25) is 9.59 Å². The summed E-state index contributed by atoms with van der Waals surface area (Å²) in [4.78, 5) is 27.0. The van der Waals surface area contributed by atoms with Gasteiger partial charge in [0.05, 0.1) is 16.9 Å². The molecule has 6 heteroatoms. The fourth-order valence-electron chi connectivity index (χ4n) is 2.96. The van der Waals surface area contributed by atoms with Gasteiger partial charge >= 0.3 is 0 Å². The Bertz CT molecular complexity index is 973. The zero-order valence-electron chi connectivity index (χ0n) is 14.3. The highest BCUT2D eigenvalue weighted by Gasteiger charge is 2.37. The number of fused-ring (bicyclic) bond motifs is 1. The maximum absolute atomic E-state index is 13.8. The molecule has 2 amide bonds. The minimum Gasteiger partial charge on any atom is -0.319 e. The number of rotatable bonds is 3. The largest absolute Gasteiger partial charge is 0.319 e. The van der Waals surface area contributed by atoms with Crippen LogP contribution in [0.1, 0.15) is 19.4 Å². The molecule has 1 N–H and O–H groups in total. The number of carbonyl (C=O) groups is 2. The number of hydrogen-bond acceptors (Lipinski definition) is 3. The van der Waals surface area contributed by atoms with Gasteiger partial charge in [0.2, 0.25) is 0 Å². The Labute approximate surface area is 150 Å². The number of carbonyl (C=O) groups excluding carboxylic acids is 2. The van der Waals surface area contributed by atoms with Crippen molar-refractivity contribution in [2.75, 3.05) is 10.2 Å². The van der Waals surface area contributed by atoms with E-state index in [-0.39, 0.29) is 22.9 Å². The molecule has 0 spiro atoms. The van der Waals surface area contributed by atoms with Gasteiger partial charge in [-0.1, -0.05) is 30.3 Å². The van der Waals surface area contributed by atoms with Gasteiger partial charge in [0.1, 0.15) is 17.5 Å². The van der Waals surface area contributed by atoms with Crippen molar-refractivity contribution >= 4 is 28.8 Å². The third kappa shape index (κ3) is 2.84. The molecule has 0 bridgehead atoms. The van der Waals surface area contributed by atoms with Gasteiger partial charge in [-0.15, -0.1) is 0 Å². The predicted octanol–water partition coefficient (Wildman–Crippen LogP) is 3.50. The second kappa shape index (κ2) is 6.81. The lowest BCUT2D eigenvalue weighted by molar-refractivity contribution is -0.115. The van der Waals surface area contributed by atoms with E-state index in [2.05, 4.69) is 5.32 Å². The van der Waals surface area contributed by atoms with Crippen LogP contribution in [0.2, 0.25) is 0 Å². The van der Waals surface area contributed by atoms with E-state index in [1.54, 1.807) is 35.2 Å². The third-order valence-electron chi connectivity index (χ3n) is 4.09. The zero-order valence-corrected chi connectivity index (χ0v) is 14.3. The molecule has 26 heavy (non-hydrogen) atoms. The van der Waals surface area contributed by atoms with Crippen molar-refractivity contribution in [1.82, 2.24) is 0 Å². The molecule has 0 aromatic heterocycles. The van der Waals surface area contributed by atoms with E-state index in [0.29, 0.717) is 11.3 Å². The summed E-state index contributed by atoms with van der Waals surface area (Å²) >= 11 is 0. The lowest BCUT2D eigenvalue weighted by Gasteiger charge is -2.21. The van der Waals surface area contributed by atoms with E-state index < -0.39 is 17.6 Å². The second-order valence-electron chi connectivity index (χ2n) is 6.08. The monoisotopic (exact) mass is 349 g/mol. The van der Waals surface area contributed by atoms with Crippen LogP contribution in [0.15, 0.2) is 54.1 Å². The molecular weight excluding hydrogens is 333 g/mol. The Morgan fingerprint density at radius 3 is 2.46 bits per heavy atom. The number of amides is 2. The Morgan fingerprint density at radius 2 is 1.81 bits per heavy atom. The van der Waals surface area contributed by atoms with E-state index in [1.165, 1.54) is 18.2 Å². The molecule has 2 aromatic carbocycles. The summed E-state index contributed by atoms with van der Waals surface area (Å²) in [7, 11) is 0. The van der Waals surface area contributed by atoms with Crippen molar-refractivity contribution in [3.05, 3.63) is 65.5 Å². The van der Waals surface area contributed by atoms with Gasteiger partial charge in [-0.2, -0.15) is 5.26 Å². The van der Waals surface area contributed by atoms with Crippen LogP contribution in [0, 0.1) is 17.1 Å². The molecule has 2 aromatic rings. The first kappa shape index (κ1) is 17.4. The van der Waals surface area contributed by atoms with Crippen LogP contribution >= 0.6 is 0 Å². The van der Waals surface area contributed by atoms with Crippen molar-refractivity contribution in [2.24, 2.45) is 0 Å². The molecule has 1 aliphatic heterocycles. The highest BCUT2D eigenvalue weighted by molar-refractivity contribution is 6.38. The van der Waals surface area contributed by atoms with Crippen LogP contribution in [0.5, 0.6) is 0 Å². The van der Waals surface area contributed by atoms with Crippen molar-refractivity contribution < 1.29 is 14.0 Å². The zero-order chi connectivity index (χ0) is 18.8. The topological polar surface area (TPSA) is 73.2 Å². The number of para-hydroxylation sites is 2. The average molecular weight is 349 g/mol. The number of nitrogens with one attached hydrogen (secondary N) is 1. The number of hydrogen-bond donors (Lipinski definition) is 1. The number of benzene rings is 2. The molecular formula is C20H16FN3O2. The van der Waals surface area contributed by atoms with E-state index in [1.807, 2.05) is 19.9 Å². The molecule has 0 radical (unpaired) electrons. The van der Waals surface area contributed by atoms with Crippen molar-refractivity contribution in [3.63, 3.8) is 0 Å². The summed E-state index contributed by atoms with van der Waals surface area (Å²) in [5.74, 6) is -1.85. The highest BCUT2D eigenvalue weighted by atomic mass is 19.1. The lowest BCUT2D eigenvalue weighted by Crippen LogP contribution is -2.33. The van der Waals surface area contributed by atoms with Gasteiger partial charge in [-0.25, -0.2) is 4.39 Å².